The molecule has 0 saturated carbocycles. The highest BCUT2D eigenvalue weighted by atomic mass is 32.2. The maximum Gasteiger partial charge on any atom is 0.287 e. The largest absolute Gasteiger partial charge is 0.451 e. The van der Waals surface area contributed by atoms with E-state index in [4.69, 9.17) is 9.15 Å². The monoisotopic (exact) mass is 444 g/mol. The molecule has 0 aliphatic carbocycles. The van der Waals surface area contributed by atoms with Gasteiger partial charge in [-0.3, -0.25) is 4.79 Å². The van der Waals surface area contributed by atoms with Gasteiger partial charge in [-0.05, 0) is 42.0 Å². The molecule has 3 aromatic rings. The van der Waals surface area contributed by atoms with Gasteiger partial charge in [-0.2, -0.15) is 4.31 Å². The van der Waals surface area contributed by atoms with Gasteiger partial charge in [0.25, 0.3) is 5.91 Å². The Hall–Kier alpha value is -3.01. The number of hydrogen-bond donors (Lipinski definition) is 1. The Morgan fingerprint density at radius 2 is 1.71 bits per heavy atom. The van der Waals surface area contributed by atoms with Gasteiger partial charge in [-0.1, -0.05) is 24.3 Å². The number of furan rings is 1. The third kappa shape index (κ3) is 4.68. The van der Waals surface area contributed by atoms with Crippen molar-refractivity contribution in [2.75, 3.05) is 26.3 Å². The number of nitrogens with one attached hydrogen (secondary N) is 1. The van der Waals surface area contributed by atoms with Crippen LogP contribution >= 0.6 is 0 Å². The van der Waals surface area contributed by atoms with E-state index in [0.717, 1.165) is 5.56 Å². The molecular formula is C22H21FN2O5S. The molecular weight excluding hydrogens is 423 g/mol. The molecule has 2 heterocycles. The SMILES string of the molecule is O=C(NCc1ccc(S(=O)(=O)N2CCOCC2)cc1)c1ccc(-c2ccccc2F)o1. The second kappa shape index (κ2) is 9.01. The molecule has 1 aromatic heterocycles. The first-order valence-electron chi connectivity index (χ1n) is 9.75. The number of carbonyl (C=O) groups excluding carboxylic acids is 1. The Morgan fingerprint density at radius 3 is 2.42 bits per heavy atom. The molecule has 0 radical (unpaired) electrons. The van der Waals surface area contributed by atoms with Crippen LogP contribution in [-0.2, 0) is 21.3 Å². The normalized spacial score (nSPS) is 15.0. The van der Waals surface area contributed by atoms with Crippen LogP contribution in [0, 0.1) is 5.82 Å². The zero-order valence-electron chi connectivity index (χ0n) is 16.6. The minimum atomic E-state index is -3.56. The van der Waals surface area contributed by atoms with Gasteiger partial charge in [0.2, 0.25) is 10.0 Å². The van der Waals surface area contributed by atoms with E-state index in [1.807, 2.05) is 0 Å². The number of carbonyl (C=O) groups is 1. The lowest BCUT2D eigenvalue weighted by Gasteiger charge is -2.26. The lowest BCUT2D eigenvalue weighted by atomic mass is 10.1. The first-order chi connectivity index (χ1) is 14.9. The van der Waals surface area contributed by atoms with Crippen LogP contribution in [0.2, 0.25) is 0 Å². The van der Waals surface area contributed by atoms with Gasteiger partial charge < -0.3 is 14.5 Å². The molecule has 0 unspecified atom stereocenters. The van der Waals surface area contributed by atoms with Crippen LogP contribution in [-0.4, -0.2) is 44.9 Å². The number of ether oxygens (including phenoxy) is 1. The fraction of sp³-hybridized carbons (Fsp3) is 0.227. The minimum Gasteiger partial charge on any atom is -0.451 e. The predicted molar refractivity (Wildman–Crippen MR) is 111 cm³/mol. The van der Waals surface area contributed by atoms with E-state index in [9.17, 15) is 17.6 Å². The van der Waals surface area contributed by atoms with Gasteiger partial charge in [-0.25, -0.2) is 12.8 Å². The lowest BCUT2D eigenvalue weighted by molar-refractivity contribution is 0.0730. The summed E-state index contributed by atoms with van der Waals surface area (Å²) in [6.07, 6.45) is 0. The van der Waals surface area contributed by atoms with Crippen molar-refractivity contribution in [1.29, 1.82) is 0 Å². The molecule has 1 saturated heterocycles. The summed E-state index contributed by atoms with van der Waals surface area (Å²) in [6.45, 7) is 1.62. The quantitative estimate of drug-likeness (QED) is 0.631. The van der Waals surface area contributed by atoms with Crippen molar-refractivity contribution >= 4 is 15.9 Å². The van der Waals surface area contributed by atoms with Crippen LogP contribution in [0.4, 0.5) is 4.39 Å². The van der Waals surface area contributed by atoms with Crippen LogP contribution in [0.15, 0.2) is 70.0 Å². The summed E-state index contributed by atoms with van der Waals surface area (Å²) in [5.41, 5.74) is 1.01. The highest BCUT2D eigenvalue weighted by Gasteiger charge is 2.26. The van der Waals surface area contributed by atoms with Gasteiger partial charge in [0.15, 0.2) is 5.76 Å². The van der Waals surface area contributed by atoms with Gasteiger partial charge in [0, 0.05) is 19.6 Å². The minimum absolute atomic E-state index is 0.0600. The number of rotatable bonds is 6. The molecule has 1 fully saturated rings. The van der Waals surface area contributed by atoms with Crippen molar-refractivity contribution in [1.82, 2.24) is 9.62 Å². The van der Waals surface area contributed by atoms with Crippen LogP contribution in [0.5, 0.6) is 0 Å². The number of morpholine rings is 1. The average Bonchev–Trinajstić information content (AvgIpc) is 3.29. The Labute approximate surface area is 179 Å². The van der Waals surface area contributed by atoms with Gasteiger partial charge in [0.05, 0.1) is 23.7 Å². The van der Waals surface area contributed by atoms with Gasteiger partial charge in [0.1, 0.15) is 11.6 Å². The maximum absolute atomic E-state index is 13.9. The third-order valence-corrected chi connectivity index (χ3v) is 6.87. The second-order valence-corrected chi connectivity index (χ2v) is 8.92. The molecule has 2 aromatic carbocycles. The van der Waals surface area contributed by atoms with E-state index in [0.29, 0.717) is 26.3 Å². The second-order valence-electron chi connectivity index (χ2n) is 6.99. The Balaban J connectivity index is 1.38. The third-order valence-electron chi connectivity index (χ3n) is 4.95. The van der Waals surface area contributed by atoms with E-state index in [1.54, 1.807) is 36.4 Å². The Kier molecular flexibility index (Phi) is 6.17. The zero-order chi connectivity index (χ0) is 21.8. The number of benzene rings is 2. The van der Waals surface area contributed by atoms with E-state index in [2.05, 4.69) is 5.32 Å². The maximum atomic E-state index is 13.9. The summed E-state index contributed by atoms with van der Waals surface area (Å²) in [5, 5.41) is 2.71. The van der Waals surface area contributed by atoms with Crippen LogP contribution < -0.4 is 5.32 Å². The van der Waals surface area contributed by atoms with E-state index in [1.165, 1.54) is 28.6 Å². The van der Waals surface area contributed by atoms with Crippen molar-refractivity contribution in [3.63, 3.8) is 0 Å². The molecule has 1 amide bonds. The molecule has 31 heavy (non-hydrogen) atoms. The van der Waals surface area contributed by atoms with Gasteiger partial charge in [-0.15, -0.1) is 0 Å². The molecule has 1 aliphatic heterocycles. The molecule has 1 N–H and O–H groups in total. The topological polar surface area (TPSA) is 88.9 Å². The number of hydrogen-bond acceptors (Lipinski definition) is 5. The first-order valence-corrected chi connectivity index (χ1v) is 11.2. The summed E-state index contributed by atoms with van der Waals surface area (Å²) in [4.78, 5) is 12.6. The standard InChI is InChI=1S/C22H21FN2O5S/c23-19-4-2-1-3-18(19)20-9-10-21(30-20)22(26)24-15-16-5-7-17(8-6-16)31(27,28)25-11-13-29-14-12-25/h1-10H,11-15H2,(H,24,26). The molecule has 7 nitrogen and oxygen atoms in total. The van der Waals surface area contributed by atoms with Gasteiger partial charge >= 0.3 is 0 Å². The first kappa shape index (κ1) is 21.2. The zero-order valence-corrected chi connectivity index (χ0v) is 17.4. The number of nitrogens with zero attached hydrogens (tertiary/aromatic N) is 1. The van der Waals surface area contributed by atoms with E-state index >= 15 is 0 Å². The summed E-state index contributed by atoms with van der Waals surface area (Å²) in [7, 11) is -3.56. The molecule has 4 rings (SSSR count). The Bertz CT molecular complexity index is 1170. The number of sulfonamides is 1. The summed E-state index contributed by atoms with van der Waals surface area (Å²) in [6, 6.07) is 15.5. The highest BCUT2D eigenvalue weighted by Crippen LogP contribution is 2.25. The molecule has 162 valence electrons. The predicted octanol–water partition coefficient (Wildman–Crippen LogP) is 3.04. The number of amides is 1. The smallest absolute Gasteiger partial charge is 0.287 e. The van der Waals surface area contributed by atoms with Crippen molar-refractivity contribution in [3.8, 4) is 11.3 Å². The number of halogens is 1. The molecule has 9 heteroatoms. The van der Waals surface area contributed by atoms with Crippen molar-refractivity contribution in [2.24, 2.45) is 0 Å². The van der Waals surface area contributed by atoms with Crippen LogP contribution in [0.1, 0.15) is 16.1 Å². The molecule has 0 spiro atoms. The van der Waals surface area contributed by atoms with Crippen LogP contribution in [0.25, 0.3) is 11.3 Å². The van der Waals surface area contributed by atoms with Crippen molar-refractivity contribution < 1.29 is 26.8 Å². The average molecular weight is 444 g/mol. The Morgan fingerprint density at radius 1 is 1.00 bits per heavy atom. The summed E-state index contributed by atoms with van der Waals surface area (Å²) < 4.78 is 51.3. The lowest BCUT2D eigenvalue weighted by Crippen LogP contribution is -2.40. The molecule has 0 atom stereocenters. The van der Waals surface area contributed by atoms with E-state index < -0.39 is 21.7 Å². The van der Waals surface area contributed by atoms with Crippen molar-refractivity contribution in [2.45, 2.75) is 11.4 Å². The molecule has 0 bridgehead atoms. The molecule has 1 aliphatic rings. The van der Waals surface area contributed by atoms with E-state index in [-0.39, 0.29) is 28.5 Å². The fourth-order valence-electron chi connectivity index (χ4n) is 3.25. The highest BCUT2D eigenvalue weighted by molar-refractivity contribution is 7.89. The fourth-order valence-corrected chi connectivity index (χ4v) is 4.66. The summed E-state index contributed by atoms with van der Waals surface area (Å²) >= 11 is 0. The summed E-state index contributed by atoms with van der Waals surface area (Å²) in [5.74, 6) is -0.561. The van der Waals surface area contributed by atoms with Crippen molar-refractivity contribution in [3.05, 3.63) is 77.8 Å². The van der Waals surface area contributed by atoms with Crippen LogP contribution in [0.3, 0.4) is 0 Å².